The summed E-state index contributed by atoms with van der Waals surface area (Å²) in [5, 5.41) is 13.4. The number of hydrogen-bond acceptors (Lipinski definition) is 4. The van der Waals surface area contributed by atoms with Crippen molar-refractivity contribution in [3.05, 3.63) is 20.8 Å². The topological polar surface area (TPSA) is 78.9 Å². The normalized spacial score (nSPS) is 11.9. The second-order valence-electron chi connectivity index (χ2n) is 4.21. The lowest BCUT2D eigenvalue weighted by Crippen LogP contribution is -2.46. The van der Waals surface area contributed by atoms with Crippen molar-refractivity contribution in [3.63, 3.8) is 0 Å². The van der Waals surface area contributed by atoms with Crippen molar-refractivity contribution >= 4 is 39.3 Å². The van der Waals surface area contributed by atoms with Crippen LogP contribution in [0.15, 0.2) is 15.9 Å². The molecule has 0 spiro atoms. The van der Waals surface area contributed by atoms with E-state index in [4.69, 9.17) is 9.84 Å². The molecular formula is C12H17BrN2O4S. The van der Waals surface area contributed by atoms with Crippen LogP contribution < -0.4 is 5.32 Å². The number of aliphatic carboxylic acids is 1. The van der Waals surface area contributed by atoms with Gasteiger partial charge in [0.15, 0.2) is 0 Å². The minimum absolute atomic E-state index is 0.232. The van der Waals surface area contributed by atoms with Gasteiger partial charge >= 0.3 is 12.0 Å². The Morgan fingerprint density at radius 3 is 2.80 bits per heavy atom. The van der Waals surface area contributed by atoms with Crippen molar-refractivity contribution in [1.29, 1.82) is 0 Å². The lowest BCUT2D eigenvalue weighted by atomic mass is 10.2. The van der Waals surface area contributed by atoms with Crippen molar-refractivity contribution in [1.82, 2.24) is 10.2 Å². The van der Waals surface area contributed by atoms with Gasteiger partial charge in [-0.05, 0) is 22.0 Å². The van der Waals surface area contributed by atoms with E-state index in [0.29, 0.717) is 6.54 Å². The van der Waals surface area contributed by atoms with Crippen molar-refractivity contribution < 1.29 is 19.4 Å². The Hall–Kier alpha value is -1.12. The van der Waals surface area contributed by atoms with Crippen molar-refractivity contribution in [2.75, 3.05) is 20.8 Å². The fourth-order valence-corrected chi connectivity index (χ4v) is 3.00. The largest absolute Gasteiger partial charge is 0.480 e. The number of amides is 2. The summed E-state index contributed by atoms with van der Waals surface area (Å²) in [6.07, 6.45) is 0.232. The molecule has 0 radical (unpaired) electrons. The van der Waals surface area contributed by atoms with Crippen LogP contribution in [0.3, 0.4) is 0 Å². The van der Waals surface area contributed by atoms with Gasteiger partial charge in [0.2, 0.25) is 0 Å². The van der Waals surface area contributed by atoms with E-state index < -0.39 is 18.0 Å². The SMILES string of the molecule is COCCC(NC(=O)N(C)Cc1cc(Br)cs1)C(=O)O. The van der Waals surface area contributed by atoms with Gasteiger partial charge in [0.05, 0.1) is 6.54 Å². The highest BCUT2D eigenvalue weighted by atomic mass is 79.9. The van der Waals surface area contributed by atoms with Gasteiger partial charge in [-0.3, -0.25) is 0 Å². The molecule has 1 unspecified atom stereocenters. The number of rotatable bonds is 7. The second-order valence-corrected chi connectivity index (χ2v) is 6.12. The lowest BCUT2D eigenvalue weighted by Gasteiger charge is -2.20. The molecule has 2 N–H and O–H groups in total. The predicted molar refractivity (Wildman–Crippen MR) is 79.9 cm³/mol. The maximum absolute atomic E-state index is 11.9. The molecule has 0 fully saturated rings. The predicted octanol–water partition coefficient (Wildman–Crippen LogP) is 2.14. The summed E-state index contributed by atoms with van der Waals surface area (Å²) in [6, 6.07) is 0.562. The zero-order chi connectivity index (χ0) is 15.1. The number of hydrogen-bond donors (Lipinski definition) is 2. The number of nitrogens with zero attached hydrogens (tertiary/aromatic N) is 1. The number of halogens is 1. The van der Waals surface area contributed by atoms with Gasteiger partial charge in [-0.15, -0.1) is 11.3 Å². The Labute approximate surface area is 129 Å². The summed E-state index contributed by atoms with van der Waals surface area (Å²) in [7, 11) is 3.11. The number of methoxy groups -OCH3 is 1. The molecule has 0 aliphatic heterocycles. The Balaban J connectivity index is 2.52. The molecule has 1 heterocycles. The third-order valence-electron chi connectivity index (χ3n) is 2.57. The van der Waals surface area contributed by atoms with Gasteiger partial charge in [-0.2, -0.15) is 0 Å². The average Bonchev–Trinajstić information content (AvgIpc) is 2.79. The van der Waals surface area contributed by atoms with E-state index in [-0.39, 0.29) is 13.0 Å². The summed E-state index contributed by atoms with van der Waals surface area (Å²) in [6.45, 7) is 0.706. The van der Waals surface area contributed by atoms with Crippen LogP contribution in [-0.2, 0) is 16.1 Å². The van der Waals surface area contributed by atoms with Crippen molar-refractivity contribution in [2.45, 2.75) is 19.0 Å². The molecule has 2 amide bonds. The first-order valence-corrected chi connectivity index (χ1v) is 7.57. The third-order valence-corrected chi connectivity index (χ3v) is 4.25. The van der Waals surface area contributed by atoms with Crippen LogP contribution in [0.4, 0.5) is 4.79 Å². The molecule has 0 bridgehead atoms. The quantitative estimate of drug-likeness (QED) is 0.776. The molecule has 20 heavy (non-hydrogen) atoms. The van der Waals surface area contributed by atoms with Gasteiger partial charge in [-0.25, -0.2) is 9.59 Å². The second kappa shape index (κ2) is 8.23. The molecule has 112 valence electrons. The lowest BCUT2D eigenvalue weighted by molar-refractivity contribution is -0.139. The maximum atomic E-state index is 11.9. The van der Waals surface area contributed by atoms with Gasteiger partial charge in [0.1, 0.15) is 6.04 Å². The number of carboxylic acids is 1. The van der Waals surface area contributed by atoms with Gasteiger partial charge < -0.3 is 20.1 Å². The number of urea groups is 1. The van der Waals surface area contributed by atoms with E-state index in [1.54, 1.807) is 7.05 Å². The molecule has 0 aromatic carbocycles. The summed E-state index contributed by atoms with van der Waals surface area (Å²) in [4.78, 5) is 25.4. The van der Waals surface area contributed by atoms with Crippen LogP contribution in [-0.4, -0.2) is 48.8 Å². The summed E-state index contributed by atoms with van der Waals surface area (Å²) in [5.41, 5.74) is 0. The van der Waals surface area contributed by atoms with E-state index in [1.807, 2.05) is 11.4 Å². The highest BCUT2D eigenvalue weighted by Gasteiger charge is 2.21. The first-order valence-electron chi connectivity index (χ1n) is 5.90. The molecule has 0 saturated carbocycles. The molecule has 8 heteroatoms. The fraction of sp³-hybridized carbons (Fsp3) is 0.500. The third kappa shape index (κ3) is 5.48. The minimum Gasteiger partial charge on any atom is -0.480 e. The van der Waals surface area contributed by atoms with Gasteiger partial charge in [0.25, 0.3) is 0 Å². The molecular weight excluding hydrogens is 348 g/mol. The zero-order valence-corrected chi connectivity index (χ0v) is 13.7. The Morgan fingerprint density at radius 1 is 1.60 bits per heavy atom. The van der Waals surface area contributed by atoms with Crippen LogP contribution in [0.5, 0.6) is 0 Å². The Morgan fingerprint density at radius 2 is 2.30 bits per heavy atom. The monoisotopic (exact) mass is 364 g/mol. The molecule has 1 rings (SSSR count). The molecule has 0 saturated heterocycles. The molecule has 6 nitrogen and oxygen atoms in total. The Kier molecular flexibility index (Phi) is 6.97. The minimum atomic E-state index is -1.07. The molecule has 0 aliphatic rings. The van der Waals surface area contributed by atoms with E-state index in [0.717, 1.165) is 9.35 Å². The number of carbonyl (C=O) groups is 2. The fourth-order valence-electron chi connectivity index (χ4n) is 1.49. The molecule has 1 aromatic rings. The number of carboxylic acid groups (broad SMARTS) is 1. The highest BCUT2D eigenvalue weighted by molar-refractivity contribution is 9.10. The van der Waals surface area contributed by atoms with Crippen LogP contribution in [0.2, 0.25) is 0 Å². The van der Waals surface area contributed by atoms with E-state index in [9.17, 15) is 9.59 Å². The highest BCUT2D eigenvalue weighted by Crippen LogP contribution is 2.20. The maximum Gasteiger partial charge on any atom is 0.326 e. The molecule has 1 atom stereocenters. The number of thiophene rings is 1. The molecule has 0 aliphatic carbocycles. The first kappa shape index (κ1) is 16.9. The molecule has 1 aromatic heterocycles. The van der Waals surface area contributed by atoms with Gasteiger partial charge in [0, 0.05) is 41.9 Å². The van der Waals surface area contributed by atoms with Crippen LogP contribution in [0, 0.1) is 0 Å². The van der Waals surface area contributed by atoms with E-state index >= 15 is 0 Å². The summed E-state index contributed by atoms with van der Waals surface area (Å²) in [5.74, 6) is -1.07. The zero-order valence-electron chi connectivity index (χ0n) is 11.3. The number of ether oxygens (including phenoxy) is 1. The summed E-state index contributed by atoms with van der Waals surface area (Å²) >= 11 is 4.88. The Bertz CT molecular complexity index is 466. The van der Waals surface area contributed by atoms with Crippen LogP contribution in [0.1, 0.15) is 11.3 Å². The van der Waals surface area contributed by atoms with Crippen molar-refractivity contribution in [2.24, 2.45) is 0 Å². The number of nitrogens with one attached hydrogen (secondary N) is 1. The average molecular weight is 365 g/mol. The summed E-state index contributed by atoms with van der Waals surface area (Å²) < 4.78 is 5.80. The number of carbonyl (C=O) groups excluding carboxylic acids is 1. The van der Waals surface area contributed by atoms with E-state index in [1.165, 1.54) is 23.3 Å². The van der Waals surface area contributed by atoms with Crippen LogP contribution >= 0.6 is 27.3 Å². The van der Waals surface area contributed by atoms with Gasteiger partial charge in [-0.1, -0.05) is 0 Å². The smallest absolute Gasteiger partial charge is 0.326 e. The standard InChI is InChI=1S/C12H17BrN2O4S/c1-15(6-9-5-8(13)7-20-9)12(18)14-10(11(16)17)3-4-19-2/h5,7,10H,3-4,6H2,1-2H3,(H,14,18)(H,16,17). The van der Waals surface area contributed by atoms with Crippen LogP contribution in [0.25, 0.3) is 0 Å². The van der Waals surface area contributed by atoms with E-state index in [2.05, 4.69) is 21.2 Å². The first-order chi connectivity index (χ1) is 9.43. The van der Waals surface area contributed by atoms with Crippen molar-refractivity contribution in [3.8, 4) is 0 Å².